The minimum Gasteiger partial charge on any atom is -0.497 e. The third kappa shape index (κ3) is 3.31. The molecule has 3 nitrogen and oxygen atoms in total. The molecule has 0 aliphatic rings. The number of anilines is 1. The molecular formula is C16H15BrN2O. The Labute approximate surface area is 127 Å². The summed E-state index contributed by atoms with van der Waals surface area (Å²) in [6, 6.07) is 15.7. The van der Waals surface area contributed by atoms with Crippen LogP contribution in [0, 0.1) is 11.3 Å². The van der Waals surface area contributed by atoms with Gasteiger partial charge in [0.15, 0.2) is 0 Å². The maximum Gasteiger partial charge on any atom is 0.119 e. The number of halogens is 1. The lowest BCUT2D eigenvalue weighted by atomic mass is 10.1. The zero-order chi connectivity index (χ0) is 14.5. The highest BCUT2D eigenvalue weighted by Gasteiger charge is 2.09. The molecule has 20 heavy (non-hydrogen) atoms. The zero-order valence-electron chi connectivity index (χ0n) is 11.4. The van der Waals surface area contributed by atoms with Crippen molar-refractivity contribution in [2.45, 2.75) is 13.0 Å². The summed E-state index contributed by atoms with van der Waals surface area (Å²) in [4.78, 5) is 0. The second-order valence-electron chi connectivity index (χ2n) is 4.44. The Morgan fingerprint density at radius 1 is 1.25 bits per heavy atom. The van der Waals surface area contributed by atoms with Crippen LogP contribution in [0.4, 0.5) is 5.69 Å². The molecule has 0 amide bonds. The normalized spacial score (nSPS) is 11.5. The van der Waals surface area contributed by atoms with Crippen molar-refractivity contribution in [3.05, 3.63) is 58.1 Å². The predicted molar refractivity (Wildman–Crippen MR) is 83.9 cm³/mol. The quantitative estimate of drug-likeness (QED) is 0.897. The highest BCUT2D eigenvalue weighted by Crippen LogP contribution is 2.26. The van der Waals surface area contributed by atoms with E-state index in [-0.39, 0.29) is 6.04 Å². The summed E-state index contributed by atoms with van der Waals surface area (Å²) in [5.41, 5.74) is 2.55. The smallest absolute Gasteiger partial charge is 0.119 e. The van der Waals surface area contributed by atoms with Crippen molar-refractivity contribution in [3.8, 4) is 11.8 Å². The van der Waals surface area contributed by atoms with Gasteiger partial charge >= 0.3 is 0 Å². The molecule has 102 valence electrons. The summed E-state index contributed by atoms with van der Waals surface area (Å²) in [7, 11) is 1.65. The molecule has 2 aromatic carbocycles. The van der Waals surface area contributed by atoms with E-state index >= 15 is 0 Å². The van der Waals surface area contributed by atoms with E-state index in [0.29, 0.717) is 5.56 Å². The van der Waals surface area contributed by atoms with Crippen molar-refractivity contribution in [1.29, 1.82) is 5.26 Å². The van der Waals surface area contributed by atoms with Crippen LogP contribution in [0.1, 0.15) is 24.1 Å². The lowest BCUT2D eigenvalue weighted by Crippen LogP contribution is -2.08. The Morgan fingerprint density at radius 3 is 2.75 bits per heavy atom. The maximum atomic E-state index is 9.15. The molecule has 1 unspecified atom stereocenters. The van der Waals surface area contributed by atoms with Gasteiger partial charge in [0.1, 0.15) is 11.8 Å². The molecule has 0 aromatic heterocycles. The first-order valence-corrected chi connectivity index (χ1v) is 7.03. The lowest BCUT2D eigenvalue weighted by Gasteiger charge is -2.17. The van der Waals surface area contributed by atoms with Gasteiger partial charge in [-0.3, -0.25) is 0 Å². The van der Waals surface area contributed by atoms with Gasteiger partial charge in [-0.15, -0.1) is 0 Å². The summed E-state index contributed by atoms with van der Waals surface area (Å²) in [6.45, 7) is 2.05. The Morgan fingerprint density at radius 2 is 2.05 bits per heavy atom. The molecule has 0 saturated carbocycles. The summed E-state index contributed by atoms with van der Waals surface area (Å²) in [5.74, 6) is 0.825. The minimum atomic E-state index is 0.0755. The van der Waals surface area contributed by atoms with Crippen molar-refractivity contribution < 1.29 is 4.74 Å². The first-order chi connectivity index (χ1) is 9.63. The van der Waals surface area contributed by atoms with Gasteiger partial charge in [-0.05, 0) is 42.8 Å². The van der Waals surface area contributed by atoms with Crippen LogP contribution in [0.2, 0.25) is 0 Å². The molecular weight excluding hydrogens is 316 g/mol. The first kappa shape index (κ1) is 14.4. The average molecular weight is 331 g/mol. The number of methoxy groups -OCH3 is 1. The van der Waals surface area contributed by atoms with Gasteiger partial charge in [-0.25, -0.2) is 0 Å². The second-order valence-corrected chi connectivity index (χ2v) is 5.36. The van der Waals surface area contributed by atoms with Crippen LogP contribution in [0.25, 0.3) is 0 Å². The topological polar surface area (TPSA) is 45.0 Å². The number of benzene rings is 2. The van der Waals surface area contributed by atoms with Crippen molar-refractivity contribution >= 4 is 21.6 Å². The molecule has 1 N–H and O–H groups in total. The van der Waals surface area contributed by atoms with Crippen LogP contribution in [0.5, 0.6) is 5.75 Å². The Hall–Kier alpha value is -1.99. The van der Waals surface area contributed by atoms with E-state index in [0.717, 1.165) is 21.5 Å². The lowest BCUT2D eigenvalue weighted by molar-refractivity contribution is 0.414. The number of ether oxygens (including phenoxy) is 1. The predicted octanol–water partition coefficient (Wildman–Crippen LogP) is 4.50. The van der Waals surface area contributed by atoms with E-state index in [1.54, 1.807) is 13.2 Å². The summed E-state index contributed by atoms with van der Waals surface area (Å²) < 4.78 is 6.17. The molecule has 4 heteroatoms. The second kappa shape index (κ2) is 6.44. The standard InChI is InChI=1S/C16H15BrN2O/c1-11(12-4-3-5-15(8-12)20-2)19-16-9-14(17)7-6-13(16)10-18/h3-9,11,19H,1-2H3. The molecule has 0 radical (unpaired) electrons. The molecule has 0 spiro atoms. The maximum absolute atomic E-state index is 9.15. The van der Waals surface area contributed by atoms with Gasteiger partial charge in [0.25, 0.3) is 0 Å². The largest absolute Gasteiger partial charge is 0.497 e. The summed E-state index contributed by atoms with van der Waals surface area (Å²) in [5, 5.41) is 12.5. The van der Waals surface area contributed by atoms with Crippen molar-refractivity contribution in [2.24, 2.45) is 0 Å². The van der Waals surface area contributed by atoms with Crippen molar-refractivity contribution in [1.82, 2.24) is 0 Å². The molecule has 0 bridgehead atoms. The van der Waals surface area contributed by atoms with Gasteiger partial charge in [-0.1, -0.05) is 28.1 Å². The third-order valence-electron chi connectivity index (χ3n) is 3.07. The van der Waals surface area contributed by atoms with E-state index in [4.69, 9.17) is 10.00 Å². The molecule has 2 aromatic rings. The van der Waals surface area contributed by atoms with Gasteiger partial charge in [0, 0.05) is 10.5 Å². The molecule has 0 fully saturated rings. The third-order valence-corrected chi connectivity index (χ3v) is 3.56. The number of hydrogen-bond acceptors (Lipinski definition) is 3. The molecule has 0 saturated heterocycles. The number of nitrogens with one attached hydrogen (secondary N) is 1. The zero-order valence-corrected chi connectivity index (χ0v) is 12.9. The molecule has 1 atom stereocenters. The Kier molecular flexibility index (Phi) is 4.65. The summed E-state index contributed by atoms with van der Waals surface area (Å²) >= 11 is 3.43. The highest BCUT2D eigenvalue weighted by atomic mass is 79.9. The van der Waals surface area contributed by atoms with Crippen LogP contribution in [-0.2, 0) is 0 Å². The number of hydrogen-bond donors (Lipinski definition) is 1. The fraction of sp³-hybridized carbons (Fsp3) is 0.188. The SMILES string of the molecule is COc1cccc(C(C)Nc2cc(Br)ccc2C#N)c1. The summed E-state index contributed by atoms with van der Waals surface area (Å²) in [6.07, 6.45) is 0. The van der Waals surface area contributed by atoms with Gasteiger partial charge in [-0.2, -0.15) is 5.26 Å². The molecule has 2 rings (SSSR count). The van der Waals surface area contributed by atoms with Gasteiger partial charge in [0.2, 0.25) is 0 Å². The Bertz CT molecular complexity index is 649. The van der Waals surface area contributed by atoms with Crippen molar-refractivity contribution in [2.75, 3.05) is 12.4 Å². The van der Waals surface area contributed by atoms with E-state index in [2.05, 4.69) is 34.2 Å². The van der Waals surface area contributed by atoms with Crippen molar-refractivity contribution in [3.63, 3.8) is 0 Å². The molecule has 0 aliphatic carbocycles. The highest BCUT2D eigenvalue weighted by molar-refractivity contribution is 9.10. The van der Waals surface area contributed by atoms with Gasteiger partial charge < -0.3 is 10.1 Å². The first-order valence-electron chi connectivity index (χ1n) is 6.24. The van der Waals surface area contributed by atoms with Crippen LogP contribution in [0.3, 0.4) is 0 Å². The van der Waals surface area contributed by atoms with E-state index in [9.17, 15) is 0 Å². The van der Waals surface area contributed by atoms with Crippen LogP contribution < -0.4 is 10.1 Å². The average Bonchev–Trinajstić information content (AvgIpc) is 2.47. The Balaban J connectivity index is 2.25. The monoisotopic (exact) mass is 330 g/mol. The van der Waals surface area contributed by atoms with E-state index < -0.39 is 0 Å². The fourth-order valence-electron chi connectivity index (χ4n) is 1.96. The van der Waals surface area contributed by atoms with Crippen LogP contribution >= 0.6 is 15.9 Å². The van der Waals surface area contributed by atoms with Crippen LogP contribution in [-0.4, -0.2) is 7.11 Å². The van der Waals surface area contributed by atoms with Gasteiger partial charge in [0.05, 0.1) is 18.4 Å². The fourth-order valence-corrected chi connectivity index (χ4v) is 2.32. The van der Waals surface area contributed by atoms with E-state index in [1.165, 1.54) is 0 Å². The minimum absolute atomic E-state index is 0.0755. The number of nitrogens with zero attached hydrogens (tertiary/aromatic N) is 1. The number of rotatable bonds is 4. The molecule has 0 heterocycles. The van der Waals surface area contributed by atoms with Crippen LogP contribution in [0.15, 0.2) is 46.9 Å². The number of nitriles is 1. The van der Waals surface area contributed by atoms with E-state index in [1.807, 2.05) is 36.4 Å². The molecule has 0 aliphatic heterocycles.